The zero-order chi connectivity index (χ0) is 15.5. The summed E-state index contributed by atoms with van der Waals surface area (Å²) in [5.41, 5.74) is 0. The van der Waals surface area contributed by atoms with Gasteiger partial charge in [0.15, 0.2) is 6.61 Å². The van der Waals surface area contributed by atoms with E-state index in [4.69, 9.17) is 10.00 Å². The van der Waals surface area contributed by atoms with E-state index in [1.807, 2.05) is 13.0 Å². The highest BCUT2D eigenvalue weighted by Crippen LogP contribution is 2.47. The number of hydrogen-bond donors (Lipinski definition) is 1. The molecule has 7 nitrogen and oxygen atoms in total. The van der Waals surface area contributed by atoms with Crippen molar-refractivity contribution >= 4 is 29.5 Å². The molecule has 0 saturated carbocycles. The molecule has 2 rings (SSSR count). The number of fused-ring (bicyclic) bond motifs is 1. The molecular formula is C13H17N3O4S. The van der Waals surface area contributed by atoms with Crippen molar-refractivity contribution in [3.8, 4) is 6.07 Å². The summed E-state index contributed by atoms with van der Waals surface area (Å²) in [7, 11) is 0. The lowest BCUT2D eigenvalue weighted by molar-refractivity contribution is -0.156. The van der Waals surface area contributed by atoms with Crippen LogP contribution in [0.1, 0.15) is 26.2 Å². The zero-order valence-electron chi connectivity index (χ0n) is 11.8. The van der Waals surface area contributed by atoms with Crippen LogP contribution in [0.3, 0.4) is 0 Å². The number of ether oxygens (including phenoxy) is 1. The third-order valence-corrected chi connectivity index (χ3v) is 5.13. The van der Waals surface area contributed by atoms with Crippen molar-refractivity contribution in [3.05, 3.63) is 0 Å². The van der Waals surface area contributed by atoms with Crippen molar-refractivity contribution in [2.24, 2.45) is 0 Å². The van der Waals surface area contributed by atoms with Crippen LogP contribution in [-0.2, 0) is 19.1 Å². The Morgan fingerprint density at radius 1 is 1.62 bits per heavy atom. The van der Waals surface area contributed by atoms with E-state index >= 15 is 0 Å². The predicted octanol–water partition coefficient (Wildman–Crippen LogP) is 0.0135. The van der Waals surface area contributed by atoms with Gasteiger partial charge in [-0.05, 0) is 13.3 Å². The number of hydrogen-bond acceptors (Lipinski definition) is 6. The van der Waals surface area contributed by atoms with Gasteiger partial charge < -0.3 is 15.0 Å². The van der Waals surface area contributed by atoms with Crippen molar-refractivity contribution in [1.82, 2.24) is 10.2 Å². The fourth-order valence-corrected chi connectivity index (χ4v) is 3.95. The molecular weight excluding hydrogens is 294 g/mol. The monoisotopic (exact) mass is 311 g/mol. The topological polar surface area (TPSA) is 99.5 Å². The summed E-state index contributed by atoms with van der Waals surface area (Å²) in [4.78, 5) is 36.6. The number of carbonyl (C=O) groups excluding carboxylic acids is 3. The van der Waals surface area contributed by atoms with Gasteiger partial charge in [-0.25, -0.2) is 4.79 Å². The van der Waals surface area contributed by atoms with Gasteiger partial charge in [0.05, 0.1) is 17.4 Å². The Labute approximate surface area is 127 Å². The summed E-state index contributed by atoms with van der Waals surface area (Å²) in [6, 6.07) is 1.29. The molecule has 2 saturated heterocycles. The predicted molar refractivity (Wildman–Crippen MR) is 74.9 cm³/mol. The first kappa shape index (κ1) is 15.6. The minimum Gasteiger partial charge on any atom is -0.454 e. The maximum Gasteiger partial charge on any atom is 0.330 e. The molecule has 2 atom stereocenters. The van der Waals surface area contributed by atoms with Gasteiger partial charge in [0.25, 0.3) is 5.91 Å². The van der Waals surface area contributed by atoms with E-state index in [-0.39, 0.29) is 30.4 Å². The highest BCUT2D eigenvalue weighted by molar-refractivity contribution is 8.01. The zero-order valence-corrected chi connectivity index (χ0v) is 12.6. The van der Waals surface area contributed by atoms with Crippen molar-refractivity contribution in [3.63, 3.8) is 0 Å². The van der Waals surface area contributed by atoms with E-state index in [1.165, 1.54) is 0 Å². The molecule has 0 radical (unpaired) electrons. The fraction of sp³-hybridized carbons (Fsp3) is 0.692. The summed E-state index contributed by atoms with van der Waals surface area (Å²) < 4.78 is 4.98. The van der Waals surface area contributed by atoms with Crippen LogP contribution < -0.4 is 5.32 Å². The summed E-state index contributed by atoms with van der Waals surface area (Å²) >= 11 is 1.57. The van der Waals surface area contributed by atoms with Crippen LogP contribution in [0.5, 0.6) is 0 Å². The molecule has 0 unspecified atom stereocenters. The number of carbonyl (C=O) groups is 3. The second kappa shape index (κ2) is 6.35. The molecule has 8 heteroatoms. The molecule has 0 bridgehead atoms. The number of thioether (sulfide) groups is 1. The van der Waals surface area contributed by atoms with E-state index < -0.39 is 17.9 Å². The van der Waals surface area contributed by atoms with Gasteiger partial charge in [-0.2, -0.15) is 5.26 Å². The highest BCUT2D eigenvalue weighted by atomic mass is 32.2. The molecule has 21 heavy (non-hydrogen) atoms. The Balaban J connectivity index is 1.83. The number of nitrogens with one attached hydrogen (secondary N) is 1. The quantitative estimate of drug-likeness (QED) is 0.567. The van der Waals surface area contributed by atoms with Crippen molar-refractivity contribution < 1.29 is 19.1 Å². The first-order valence-corrected chi connectivity index (χ1v) is 7.73. The maximum atomic E-state index is 12.0. The Bertz CT molecular complexity index is 504. The molecule has 2 amide bonds. The second-order valence-corrected chi connectivity index (χ2v) is 6.63. The molecule has 114 valence electrons. The molecule has 2 fully saturated rings. The van der Waals surface area contributed by atoms with Gasteiger partial charge >= 0.3 is 5.97 Å². The van der Waals surface area contributed by atoms with Crippen molar-refractivity contribution in [2.75, 3.05) is 18.9 Å². The first-order valence-electron chi connectivity index (χ1n) is 6.74. The normalized spacial score (nSPS) is 27.1. The lowest BCUT2D eigenvalue weighted by atomic mass is 10.2. The van der Waals surface area contributed by atoms with Crippen LogP contribution in [0, 0.1) is 11.3 Å². The van der Waals surface area contributed by atoms with Crippen molar-refractivity contribution in [2.45, 2.75) is 37.1 Å². The molecule has 0 aromatic carbocycles. The Kier molecular flexibility index (Phi) is 4.73. The first-order chi connectivity index (χ1) is 9.98. The lowest BCUT2D eigenvalue weighted by Crippen LogP contribution is -2.47. The van der Waals surface area contributed by atoms with E-state index in [0.717, 1.165) is 6.42 Å². The highest BCUT2D eigenvalue weighted by Gasteiger charge is 2.53. The van der Waals surface area contributed by atoms with E-state index in [9.17, 15) is 14.4 Å². The number of nitriles is 1. The van der Waals surface area contributed by atoms with E-state index in [1.54, 1.807) is 16.7 Å². The van der Waals surface area contributed by atoms with Crippen molar-refractivity contribution in [1.29, 1.82) is 5.26 Å². The molecule has 0 aromatic rings. The summed E-state index contributed by atoms with van der Waals surface area (Å²) in [6.07, 6.45) is 1.39. The van der Waals surface area contributed by atoms with E-state index in [0.29, 0.717) is 12.2 Å². The second-order valence-electron chi connectivity index (χ2n) is 5.13. The average molecular weight is 311 g/mol. The largest absolute Gasteiger partial charge is 0.454 e. The Hall–Kier alpha value is -1.75. The smallest absolute Gasteiger partial charge is 0.330 e. The van der Waals surface area contributed by atoms with Crippen LogP contribution in [0.15, 0.2) is 0 Å². The number of esters is 1. The lowest BCUT2D eigenvalue weighted by Gasteiger charge is -2.29. The standard InChI is InChI=1S/C13H17N3O4S/c1-13-4-3-11(18)16(13)9(8-21-13)12(19)20-7-10(17)15-6-2-5-14/h9H,2-4,6-8H2,1H3,(H,15,17)/t9-,13-/m0/s1. The summed E-state index contributed by atoms with van der Waals surface area (Å²) in [5.74, 6) is -0.531. The average Bonchev–Trinajstić information content (AvgIpc) is 2.94. The maximum absolute atomic E-state index is 12.0. The van der Waals surface area contributed by atoms with E-state index in [2.05, 4.69) is 5.32 Å². The number of amides is 2. The van der Waals surface area contributed by atoms with Crippen LogP contribution >= 0.6 is 11.8 Å². The molecule has 0 aromatic heterocycles. The van der Waals surface area contributed by atoms with Gasteiger partial charge in [0.2, 0.25) is 5.91 Å². The number of rotatable bonds is 5. The molecule has 0 spiro atoms. The van der Waals surface area contributed by atoms with Crippen LogP contribution in [0.4, 0.5) is 0 Å². The minimum atomic E-state index is -0.609. The van der Waals surface area contributed by atoms with Crippen LogP contribution in [0.2, 0.25) is 0 Å². The van der Waals surface area contributed by atoms with Gasteiger partial charge in [0.1, 0.15) is 6.04 Å². The van der Waals surface area contributed by atoms with Gasteiger partial charge in [0, 0.05) is 18.7 Å². The molecule has 1 N–H and O–H groups in total. The Morgan fingerprint density at radius 3 is 3.10 bits per heavy atom. The molecule has 2 aliphatic rings. The van der Waals surface area contributed by atoms with Gasteiger partial charge in [-0.3, -0.25) is 9.59 Å². The third-order valence-electron chi connectivity index (χ3n) is 3.62. The molecule has 2 aliphatic heterocycles. The van der Waals surface area contributed by atoms with Gasteiger partial charge in [-0.15, -0.1) is 11.8 Å². The van der Waals surface area contributed by atoms with Crippen LogP contribution in [-0.4, -0.2) is 52.5 Å². The SMILES string of the molecule is C[C@]12CCC(=O)N1[C@H](C(=O)OCC(=O)NCCC#N)CS2. The minimum absolute atomic E-state index is 0.0390. The fourth-order valence-electron chi connectivity index (χ4n) is 2.54. The third kappa shape index (κ3) is 3.29. The number of nitrogens with zero attached hydrogens (tertiary/aromatic N) is 2. The van der Waals surface area contributed by atoms with Gasteiger partial charge in [-0.1, -0.05) is 0 Å². The van der Waals surface area contributed by atoms with Crippen LogP contribution in [0.25, 0.3) is 0 Å². The molecule has 2 heterocycles. The Morgan fingerprint density at radius 2 is 2.38 bits per heavy atom. The summed E-state index contributed by atoms with van der Waals surface area (Å²) in [5, 5.41) is 10.8. The summed E-state index contributed by atoms with van der Waals surface area (Å²) in [6.45, 7) is 1.80. The molecule has 0 aliphatic carbocycles.